The van der Waals surface area contributed by atoms with Crippen LogP contribution >= 0.6 is 0 Å². The van der Waals surface area contributed by atoms with Crippen molar-refractivity contribution in [2.45, 2.75) is 25.7 Å². The van der Waals surface area contributed by atoms with Crippen molar-refractivity contribution in [3.8, 4) is 11.5 Å². The number of aryl methyl sites for hydroxylation is 1. The molecule has 0 atom stereocenters. The maximum Gasteiger partial charge on any atom is 0.231 e. The molecule has 3 heterocycles. The van der Waals surface area contributed by atoms with Crippen molar-refractivity contribution < 1.29 is 18.7 Å². The Morgan fingerprint density at radius 3 is 2.59 bits per heavy atom. The molecule has 1 aromatic heterocycles. The lowest BCUT2D eigenvalue weighted by Gasteiger charge is -2.36. The second-order valence-corrected chi connectivity index (χ2v) is 8.89. The zero-order chi connectivity index (χ0) is 23.5. The molecule has 34 heavy (non-hydrogen) atoms. The molecule has 178 valence electrons. The lowest BCUT2D eigenvalue weighted by Crippen LogP contribution is -2.46. The van der Waals surface area contributed by atoms with Gasteiger partial charge in [-0.05, 0) is 49.6 Å². The molecular formula is C26H29N3O5. The van der Waals surface area contributed by atoms with Crippen LogP contribution in [0.4, 0.5) is 5.69 Å². The average molecular weight is 464 g/mol. The maximum atomic E-state index is 12.9. The van der Waals surface area contributed by atoms with Crippen molar-refractivity contribution in [1.29, 1.82) is 0 Å². The number of benzene rings is 2. The number of anilines is 1. The second kappa shape index (κ2) is 9.77. The number of unbranched alkanes of at least 4 members (excludes halogenated alkanes) is 1. The number of carbonyl (C=O) groups excluding carboxylic acids is 1. The number of ether oxygens (including phenoxy) is 2. The first-order valence-electron chi connectivity index (χ1n) is 11.8. The van der Waals surface area contributed by atoms with Crippen LogP contribution in [0.5, 0.6) is 11.5 Å². The molecule has 2 aliphatic heterocycles. The number of hydrogen-bond acceptors (Lipinski definition) is 7. The number of primary amides is 1. The molecule has 1 amide bonds. The summed E-state index contributed by atoms with van der Waals surface area (Å²) >= 11 is 0. The summed E-state index contributed by atoms with van der Waals surface area (Å²) in [5.74, 6) is 0.896. The Bertz CT molecular complexity index is 1250. The van der Waals surface area contributed by atoms with Gasteiger partial charge in [-0.25, -0.2) is 0 Å². The molecule has 0 saturated carbocycles. The summed E-state index contributed by atoms with van der Waals surface area (Å²) in [7, 11) is 0. The Morgan fingerprint density at radius 1 is 1.00 bits per heavy atom. The van der Waals surface area contributed by atoms with Gasteiger partial charge >= 0.3 is 0 Å². The van der Waals surface area contributed by atoms with Crippen LogP contribution < -0.4 is 25.5 Å². The lowest BCUT2D eigenvalue weighted by atomic mass is 10.1. The van der Waals surface area contributed by atoms with E-state index in [0.29, 0.717) is 34.5 Å². The Balaban J connectivity index is 1.10. The Morgan fingerprint density at radius 2 is 1.79 bits per heavy atom. The van der Waals surface area contributed by atoms with E-state index in [-0.39, 0.29) is 24.5 Å². The third-order valence-corrected chi connectivity index (χ3v) is 6.54. The fraction of sp³-hybridized carbons (Fsp3) is 0.385. The largest absolute Gasteiger partial charge is 0.464 e. The van der Waals surface area contributed by atoms with Gasteiger partial charge in [0.15, 0.2) is 16.9 Å². The molecular weight excluding hydrogens is 434 g/mol. The normalized spacial score (nSPS) is 15.7. The highest BCUT2D eigenvalue weighted by Crippen LogP contribution is 2.35. The fourth-order valence-corrected chi connectivity index (χ4v) is 4.68. The van der Waals surface area contributed by atoms with Crippen molar-refractivity contribution in [1.82, 2.24) is 4.90 Å². The Hall–Kier alpha value is -3.52. The van der Waals surface area contributed by atoms with E-state index in [9.17, 15) is 9.59 Å². The minimum Gasteiger partial charge on any atom is -0.464 e. The molecule has 8 heteroatoms. The summed E-state index contributed by atoms with van der Waals surface area (Å²) in [5, 5.41) is 0.540. The van der Waals surface area contributed by atoms with Crippen LogP contribution in [0.1, 0.15) is 24.0 Å². The summed E-state index contributed by atoms with van der Waals surface area (Å²) < 4.78 is 16.5. The van der Waals surface area contributed by atoms with Crippen LogP contribution in [-0.4, -0.2) is 50.3 Å². The van der Waals surface area contributed by atoms with Crippen LogP contribution in [-0.2, 0) is 17.6 Å². The van der Waals surface area contributed by atoms with Gasteiger partial charge in [0.1, 0.15) is 5.58 Å². The highest BCUT2D eigenvalue weighted by atomic mass is 16.7. The van der Waals surface area contributed by atoms with E-state index >= 15 is 0 Å². The molecule has 2 aromatic carbocycles. The summed E-state index contributed by atoms with van der Waals surface area (Å²) in [4.78, 5) is 28.9. The fourth-order valence-electron chi connectivity index (χ4n) is 4.68. The van der Waals surface area contributed by atoms with Crippen LogP contribution in [0.15, 0.2) is 51.9 Å². The number of fused-ring (bicyclic) bond motifs is 2. The third-order valence-electron chi connectivity index (χ3n) is 6.54. The first-order valence-corrected chi connectivity index (χ1v) is 11.8. The van der Waals surface area contributed by atoms with Gasteiger partial charge in [-0.2, -0.15) is 0 Å². The highest BCUT2D eigenvalue weighted by Gasteiger charge is 2.19. The monoisotopic (exact) mass is 463 g/mol. The van der Waals surface area contributed by atoms with E-state index in [2.05, 4.69) is 21.9 Å². The second-order valence-electron chi connectivity index (χ2n) is 8.89. The van der Waals surface area contributed by atoms with E-state index in [4.69, 9.17) is 19.6 Å². The number of nitrogens with zero attached hydrogens (tertiary/aromatic N) is 2. The minimum absolute atomic E-state index is 0.00623. The van der Waals surface area contributed by atoms with Gasteiger partial charge < -0.3 is 24.5 Å². The van der Waals surface area contributed by atoms with E-state index < -0.39 is 0 Å². The lowest BCUT2D eigenvalue weighted by molar-refractivity contribution is -0.117. The SMILES string of the molecule is NC(=O)Cc1cccc(N2CCN(CCCCc3coc4cc5c(cc4c3=O)OCO5)CC2)c1. The van der Waals surface area contributed by atoms with Gasteiger partial charge in [0, 0.05) is 43.5 Å². The van der Waals surface area contributed by atoms with Crippen LogP contribution in [0.25, 0.3) is 11.0 Å². The van der Waals surface area contributed by atoms with Gasteiger partial charge in [-0.1, -0.05) is 12.1 Å². The van der Waals surface area contributed by atoms with Crippen molar-refractivity contribution in [2.75, 3.05) is 44.4 Å². The van der Waals surface area contributed by atoms with Gasteiger partial charge in [-0.15, -0.1) is 0 Å². The quantitative estimate of drug-likeness (QED) is 0.513. The summed E-state index contributed by atoms with van der Waals surface area (Å²) in [6, 6.07) is 11.5. The summed E-state index contributed by atoms with van der Waals surface area (Å²) in [5.41, 5.74) is 8.66. The van der Waals surface area contributed by atoms with Crippen molar-refractivity contribution in [2.24, 2.45) is 5.73 Å². The standard InChI is InChI=1S/C26H29N3O5/c27-25(30)13-18-4-3-6-20(12-18)29-10-8-28(9-11-29)7-2-1-5-19-16-32-22-15-24-23(33-17-34-24)14-21(22)26(19)31/h3-4,6,12,14-16H,1-2,5,7-11,13,17H2,(H2,27,30). The van der Waals surface area contributed by atoms with Crippen molar-refractivity contribution >= 4 is 22.6 Å². The van der Waals surface area contributed by atoms with E-state index in [0.717, 1.165) is 56.8 Å². The predicted octanol–water partition coefficient (Wildman–Crippen LogP) is 2.69. The van der Waals surface area contributed by atoms with Crippen LogP contribution in [0, 0.1) is 0 Å². The molecule has 5 rings (SSSR count). The zero-order valence-corrected chi connectivity index (χ0v) is 19.1. The number of hydrogen-bond donors (Lipinski definition) is 1. The highest BCUT2D eigenvalue weighted by molar-refractivity contribution is 5.81. The first-order chi connectivity index (χ1) is 16.6. The van der Waals surface area contributed by atoms with Crippen molar-refractivity contribution in [3.63, 3.8) is 0 Å². The van der Waals surface area contributed by atoms with Gasteiger partial charge in [0.25, 0.3) is 0 Å². The number of amides is 1. The number of carbonyl (C=O) groups is 1. The topological polar surface area (TPSA) is 98.2 Å². The predicted molar refractivity (Wildman–Crippen MR) is 130 cm³/mol. The van der Waals surface area contributed by atoms with E-state index in [1.165, 1.54) is 0 Å². The molecule has 3 aromatic rings. The van der Waals surface area contributed by atoms with Crippen molar-refractivity contribution in [3.05, 3.63) is 64.0 Å². The van der Waals surface area contributed by atoms with E-state index in [1.807, 2.05) is 12.1 Å². The molecule has 0 bridgehead atoms. The smallest absolute Gasteiger partial charge is 0.231 e. The van der Waals surface area contributed by atoms with Gasteiger partial charge in [0.05, 0.1) is 18.1 Å². The molecule has 0 unspecified atom stereocenters. The molecule has 0 radical (unpaired) electrons. The van der Waals surface area contributed by atoms with Crippen LogP contribution in [0.3, 0.4) is 0 Å². The summed E-state index contributed by atoms with van der Waals surface area (Å²) in [6.07, 6.45) is 4.49. The van der Waals surface area contributed by atoms with Gasteiger partial charge in [0.2, 0.25) is 12.7 Å². The van der Waals surface area contributed by atoms with Gasteiger partial charge in [-0.3, -0.25) is 14.5 Å². The Labute approximate surface area is 197 Å². The summed E-state index contributed by atoms with van der Waals surface area (Å²) in [6.45, 7) is 5.06. The average Bonchev–Trinajstić information content (AvgIpc) is 3.30. The molecule has 2 aliphatic rings. The molecule has 1 saturated heterocycles. The minimum atomic E-state index is -0.310. The first kappa shape index (κ1) is 22.3. The molecule has 1 fully saturated rings. The third kappa shape index (κ3) is 4.87. The molecule has 8 nitrogen and oxygen atoms in total. The number of piperazine rings is 1. The molecule has 0 spiro atoms. The molecule has 2 N–H and O–H groups in total. The van der Waals surface area contributed by atoms with E-state index in [1.54, 1.807) is 18.4 Å². The number of rotatable bonds is 8. The maximum absolute atomic E-state index is 12.9. The number of nitrogens with two attached hydrogens (primary N) is 1. The zero-order valence-electron chi connectivity index (χ0n) is 19.1. The Kier molecular flexibility index (Phi) is 6.40. The van der Waals surface area contributed by atoms with Crippen LogP contribution in [0.2, 0.25) is 0 Å². The molecule has 0 aliphatic carbocycles.